The van der Waals surface area contributed by atoms with Crippen molar-refractivity contribution in [1.82, 2.24) is 9.97 Å². The number of halogens is 1. The predicted molar refractivity (Wildman–Crippen MR) is 42.6 cm³/mol. The smallest absolute Gasteiger partial charge is 0.330 e. The number of aromatic amines is 1. The third kappa shape index (κ3) is 2.32. The molecule has 3 N–H and O–H groups in total. The van der Waals surface area contributed by atoms with E-state index in [9.17, 15) is 4.79 Å². The highest BCUT2D eigenvalue weighted by Gasteiger charge is 1.96. The van der Waals surface area contributed by atoms with Crippen LogP contribution in [0.15, 0.2) is 10.9 Å². The minimum atomic E-state index is -0.430. The van der Waals surface area contributed by atoms with Crippen molar-refractivity contribution in [1.29, 1.82) is 0 Å². The van der Waals surface area contributed by atoms with Crippen LogP contribution in [0.3, 0.4) is 0 Å². The highest BCUT2D eigenvalue weighted by atomic mass is 35.5. The molecule has 5 heteroatoms. The summed E-state index contributed by atoms with van der Waals surface area (Å²) in [6, 6.07) is 1.59. The molecule has 60 valence electrons. The van der Waals surface area contributed by atoms with Gasteiger partial charge in [0, 0.05) is 5.69 Å². The molecular weight excluding hydrogens is 166 g/mol. The molecule has 0 radical (unpaired) electrons. The van der Waals surface area contributed by atoms with Crippen LogP contribution in [0.2, 0.25) is 5.15 Å². The summed E-state index contributed by atoms with van der Waals surface area (Å²) >= 11 is 5.51. The van der Waals surface area contributed by atoms with Crippen molar-refractivity contribution in [2.75, 3.05) is 6.54 Å². The summed E-state index contributed by atoms with van der Waals surface area (Å²) in [5.41, 5.74) is 5.57. The Labute approximate surface area is 68.4 Å². The summed E-state index contributed by atoms with van der Waals surface area (Å²) in [6.07, 6.45) is 0.609. The maximum atomic E-state index is 10.7. The Morgan fingerprint density at radius 1 is 1.73 bits per heavy atom. The molecule has 1 aromatic rings. The Morgan fingerprint density at radius 2 is 2.45 bits per heavy atom. The summed E-state index contributed by atoms with van der Waals surface area (Å²) in [6.45, 7) is 0.482. The van der Waals surface area contributed by atoms with Crippen molar-refractivity contribution >= 4 is 11.6 Å². The summed E-state index contributed by atoms with van der Waals surface area (Å²) in [7, 11) is 0. The molecule has 1 heterocycles. The van der Waals surface area contributed by atoms with Crippen molar-refractivity contribution < 1.29 is 0 Å². The van der Waals surface area contributed by atoms with Crippen LogP contribution in [-0.4, -0.2) is 16.5 Å². The Morgan fingerprint density at radius 3 is 3.00 bits per heavy atom. The molecule has 0 amide bonds. The van der Waals surface area contributed by atoms with E-state index in [1.165, 1.54) is 0 Å². The maximum absolute atomic E-state index is 10.7. The van der Waals surface area contributed by atoms with E-state index in [4.69, 9.17) is 17.3 Å². The third-order valence-corrected chi connectivity index (χ3v) is 1.38. The highest BCUT2D eigenvalue weighted by molar-refractivity contribution is 6.29. The van der Waals surface area contributed by atoms with Crippen LogP contribution in [0, 0.1) is 0 Å². The second-order valence-electron chi connectivity index (χ2n) is 2.07. The lowest BCUT2D eigenvalue weighted by molar-refractivity contribution is 0.890. The van der Waals surface area contributed by atoms with Crippen LogP contribution in [0.25, 0.3) is 0 Å². The van der Waals surface area contributed by atoms with Gasteiger partial charge in [-0.25, -0.2) is 4.79 Å². The molecule has 0 aliphatic carbocycles. The Bertz CT molecular complexity index is 296. The normalized spacial score (nSPS) is 10.0. The van der Waals surface area contributed by atoms with Gasteiger partial charge in [0.25, 0.3) is 0 Å². The standard InChI is InChI=1S/C6H8ClN3O/c7-5-3-4(1-2-8)9-6(11)10-5/h3H,1-2,8H2,(H,9,10,11). The van der Waals surface area contributed by atoms with Crippen LogP contribution in [0.4, 0.5) is 0 Å². The fourth-order valence-corrected chi connectivity index (χ4v) is 0.973. The van der Waals surface area contributed by atoms with Crippen LogP contribution >= 0.6 is 11.6 Å². The maximum Gasteiger partial charge on any atom is 0.346 e. The van der Waals surface area contributed by atoms with E-state index < -0.39 is 5.69 Å². The summed E-state index contributed by atoms with van der Waals surface area (Å²) in [5.74, 6) is 0. The number of H-pyrrole nitrogens is 1. The first-order valence-corrected chi connectivity index (χ1v) is 3.56. The van der Waals surface area contributed by atoms with E-state index in [0.29, 0.717) is 13.0 Å². The Kier molecular flexibility index (Phi) is 2.62. The number of hydrogen-bond donors (Lipinski definition) is 2. The summed E-state index contributed by atoms with van der Waals surface area (Å²) in [4.78, 5) is 16.6. The molecule has 0 saturated carbocycles. The average Bonchev–Trinajstić information content (AvgIpc) is 1.85. The Balaban J connectivity index is 2.99. The number of nitrogens with two attached hydrogens (primary N) is 1. The van der Waals surface area contributed by atoms with Gasteiger partial charge in [-0.3, -0.25) is 0 Å². The minimum Gasteiger partial charge on any atom is -0.330 e. The third-order valence-electron chi connectivity index (χ3n) is 1.18. The highest BCUT2D eigenvalue weighted by Crippen LogP contribution is 2.01. The minimum absolute atomic E-state index is 0.206. The van der Waals surface area contributed by atoms with E-state index in [1.807, 2.05) is 0 Å². The zero-order chi connectivity index (χ0) is 8.27. The molecule has 0 fully saturated rings. The quantitative estimate of drug-likeness (QED) is 0.615. The molecule has 0 aromatic carbocycles. The van der Waals surface area contributed by atoms with Crippen LogP contribution in [0.1, 0.15) is 5.69 Å². The Hall–Kier alpha value is -0.870. The summed E-state index contributed by atoms with van der Waals surface area (Å²) in [5, 5.41) is 0.206. The van der Waals surface area contributed by atoms with Gasteiger partial charge in [-0.2, -0.15) is 4.98 Å². The molecule has 0 bridgehead atoms. The van der Waals surface area contributed by atoms with E-state index in [2.05, 4.69) is 9.97 Å². The number of aromatic nitrogens is 2. The lowest BCUT2D eigenvalue weighted by Gasteiger charge is -1.96. The molecule has 1 aromatic heterocycles. The monoisotopic (exact) mass is 173 g/mol. The molecule has 4 nitrogen and oxygen atoms in total. The van der Waals surface area contributed by atoms with Crippen molar-refractivity contribution in [3.63, 3.8) is 0 Å². The van der Waals surface area contributed by atoms with Crippen molar-refractivity contribution in [2.45, 2.75) is 6.42 Å². The lowest BCUT2D eigenvalue weighted by atomic mass is 10.3. The average molecular weight is 174 g/mol. The molecule has 11 heavy (non-hydrogen) atoms. The second kappa shape index (κ2) is 3.50. The van der Waals surface area contributed by atoms with Crippen molar-refractivity contribution in [3.05, 3.63) is 27.4 Å². The van der Waals surface area contributed by atoms with Gasteiger partial charge in [-0.15, -0.1) is 0 Å². The molecule has 0 saturated heterocycles. The molecule has 0 atom stereocenters. The first-order chi connectivity index (χ1) is 5.22. The lowest BCUT2D eigenvalue weighted by Crippen LogP contribution is -2.14. The van der Waals surface area contributed by atoms with E-state index in [0.717, 1.165) is 5.69 Å². The van der Waals surface area contributed by atoms with E-state index in [1.54, 1.807) is 6.07 Å². The van der Waals surface area contributed by atoms with Gasteiger partial charge in [0.15, 0.2) is 0 Å². The van der Waals surface area contributed by atoms with E-state index >= 15 is 0 Å². The van der Waals surface area contributed by atoms with Crippen molar-refractivity contribution in [2.24, 2.45) is 5.73 Å². The van der Waals surface area contributed by atoms with E-state index in [-0.39, 0.29) is 5.15 Å². The van der Waals surface area contributed by atoms with Gasteiger partial charge >= 0.3 is 5.69 Å². The predicted octanol–water partition coefficient (Wildman–Crippen LogP) is -0.0755. The molecular formula is C6H8ClN3O. The van der Waals surface area contributed by atoms with Gasteiger partial charge in [0.2, 0.25) is 0 Å². The van der Waals surface area contributed by atoms with Crippen molar-refractivity contribution in [3.8, 4) is 0 Å². The number of rotatable bonds is 2. The first-order valence-electron chi connectivity index (χ1n) is 3.18. The van der Waals surface area contributed by atoms with Crippen LogP contribution < -0.4 is 11.4 Å². The molecule has 0 aliphatic rings. The molecule has 0 spiro atoms. The number of hydrogen-bond acceptors (Lipinski definition) is 3. The van der Waals surface area contributed by atoms with Crippen LogP contribution in [0.5, 0.6) is 0 Å². The van der Waals surface area contributed by atoms with Gasteiger partial charge in [0.1, 0.15) is 5.15 Å². The molecule has 0 aliphatic heterocycles. The summed E-state index contributed by atoms with van der Waals surface area (Å²) < 4.78 is 0. The SMILES string of the molecule is NCCc1cc(Cl)nc(=O)[nH]1. The number of nitrogens with zero attached hydrogens (tertiary/aromatic N) is 1. The number of nitrogens with one attached hydrogen (secondary N) is 1. The zero-order valence-corrected chi connectivity index (χ0v) is 6.56. The second-order valence-corrected chi connectivity index (χ2v) is 2.46. The fourth-order valence-electron chi connectivity index (χ4n) is 0.765. The zero-order valence-electron chi connectivity index (χ0n) is 5.80. The largest absolute Gasteiger partial charge is 0.346 e. The van der Waals surface area contributed by atoms with Gasteiger partial charge in [-0.05, 0) is 19.0 Å². The topological polar surface area (TPSA) is 71.8 Å². The fraction of sp³-hybridized carbons (Fsp3) is 0.333. The molecule has 0 unspecified atom stereocenters. The van der Waals surface area contributed by atoms with Crippen LogP contribution in [-0.2, 0) is 6.42 Å². The van der Waals surface area contributed by atoms with Gasteiger partial charge in [0.05, 0.1) is 0 Å². The van der Waals surface area contributed by atoms with Gasteiger partial charge in [-0.1, -0.05) is 11.6 Å². The first kappa shape index (κ1) is 8.23. The van der Waals surface area contributed by atoms with Gasteiger partial charge < -0.3 is 10.7 Å². The molecule has 1 rings (SSSR count).